The molecule has 0 fully saturated rings. The summed E-state index contributed by atoms with van der Waals surface area (Å²) in [6.07, 6.45) is 0. The number of alkyl halides is 3. The lowest BCUT2D eigenvalue weighted by Gasteiger charge is -2.15. The molecule has 0 aliphatic carbocycles. The predicted octanol–water partition coefficient (Wildman–Crippen LogP) is 3.67. The normalized spacial score (nSPS) is 11.5. The smallest absolute Gasteiger partial charge is 0.247 e. The summed E-state index contributed by atoms with van der Waals surface area (Å²) in [6, 6.07) is 7.35. The SMILES string of the molecule is C=C(C)Cn1c(=O)n(CC(=C)C)c(=O)n(Cc2ccc(C(Br)(Br)Br)cc2)c1=O. The molecule has 0 radical (unpaired) electrons. The Kier molecular flexibility index (Phi) is 7.27. The summed E-state index contributed by atoms with van der Waals surface area (Å²) >= 11 is 10.3. The van der Waals surface area contributed by atoms with Crippen LogP contribution in [0.3, 0.4) is 0 Å². The highest BCUT2D eigenvalue weighted by Crippen LogP contribution is 2.44. The highest BCUT2D eigenvalue weighted by atomic mass is 80.0. The monoisotopic (exact) mass is 575 g/mol. The highest BCUT2D eigenvalue weighted by molar-refractivity contribution is 9.38. The Balaban J connectivity index is 2.61. The summed E-state index contributed by atoms with van der Waals surface area (Å²) < 4.78 is 2.57. The summed E-state index contributed by atoms with van der Waals surface area (Å²) in [4.78, 5) is 38.3. The lowest BCUT2D eigenvalue weighted by molar-refractivity contribution is 0.488. The Morgan fingerprint density at radius 2 is 1.21 bits per heavy atom. The third kappa shape index (κ3) is 5.33. The highest BCUT2D eigenvalue weighted by Gasteiger charge is 2.21. The van der Waals surface area contributed by atoms with Gasteiger partial charge >= 0.3 is 17.1 Å². The van der Waals surface area contributed by atoms with E-state index in [9.17, 15) is 14.4 Å². The van der Waals surface area contributed by atoms with Crippen LogP contribution in [-0.2, 0) is 21.8 Å². The molecular formula is C19H20Br3N3O3. The Hall–Kier alpha value is -1.45. The number of hydrogen-bond acceptors (Lipinski definition) is 3. The fourth-order valence-corrected chi connectivity index (χ4v) is 3.40. The van der Waals surface area contributed by atoms with Crippen molar-refractivity contribution < 1.29 is 0 Å². The first kappa shape index (κ1) is 22.8. The number of allylic oxidation sites excluding steroid dienone is 2. The maximum Gasteiger partial charge on any atom is 0.336 e. The van der Waals surface area contributed by atoms with Gasteiger partial charge in [-0.05, 0) is 25.0 Å². The molecular weight excluding hydrogens is 558 g/mol. The van der Waals surface area contributed by atoms with E-state index in [1.165, 1.54) is 0 Å². The zero-order chi connectivity index (χ0) is 21.2. The second-order valence-electron chi connectivity index (χ2n) is 6.72. The molecule has 0 bridgehead atoms. The quantitative estimate of drug-likeness (QED) is 0.389. The van der Waals surface area contributed by atoms with E-state index < -0.39 is 19.2 Å². The van der Waals surface area contributed by atoms with Gasteiger partial charge in [-0.15, -0.1) is 0 Å². The Bertz CT molecular complexity index is 1030. The second-order valence-corrected chi connectivity index (χ2v) is 13.5. The first-order valence-electron chi connectivity index (χ1n) is 8.31. The van der Waals surface area contributed by atoms with Crippen LogP contribution in [0.15, 0.2) is 63.0 Å². The van der Waals surface area contributed by atoms with Crippen molar-refractivity contribution in [2.24, 2.45) is 0 Å². The molecule has 2 rings (SSSR count). The summed E-state index contributed by atoms with van der Waals surface area (Å²) in [5.74, 6) is 0. The maximum atomic E-state index is 12.8. The van der Waals surface area contributed by atoms with E-state index in [1.54, 1.807) is 13.8 Å². The van der Waals surface area contributed by atoms with Crippen LogP contribution < -0.4 is 17.1 Å². The van der Waals surface area contributed by atoms with E-state index in [2.05, 4.69) is 60.9 Å². The molecule has 0 aliphatic rings. The molecule has 6 nitrogen and oxygen atoms in total. The van der Waals surface area contributed by atoms with Crippen molar-refractivity contribution in [3.05, 3.63) is 91.1 Å². The third-order valence-electron chi connectivity index (χ3n) is 3.86. The van der Waals surface area contributed by atoms with Gasteiger partial charge in [0.2, 0.25) is 0 Å². The molecule has 28 heavy (non-hydrogen) atoms. The maximum absolute atomic E-state index is 12.8. The van der Waals surface area contributed by atoms with Crippen molar-refractivity contribution in [1.82, 2.24) is 13.7 Å². The van der Waals surface area contributed by atoms with Crippen LogP contribution in [0.2, 0.25) is 0 Å². The Labute approximate surface area is 187 Å². The van der Waals surface area contributed by atoms with Crippen molar-refractivity contribution in [2.75, 3.05) is 0 Å². The van der Waals surface area contributed by atoms with Crippen LogP contribution in [0.4, 0.5) is 0 Å². The van der Waals surface area contributed by atoms with Gasteiger partial charge in [-0.1, -0.05) is 96.4 Å². The molecule has 0 saturated carbocycles. The zero-order valence-corrected chi connectivity index (χ0v) is 20.3. The molecule has 9 heteroatoms. The molecule has 0 N–H and O–H groups in total. The number of halogens is 3. The molecule has 0 amide bonds. The second kappa shape index (κ2) is 8.92. The van der Waals surface area contributed by atoms with Gasteiger partial charge in [0.05, 0.1) is 19.6 Å². The number of rotatable bonds is 6. The van der Waals surface area contributed by atoms with Gasteiger partial charge in [0.15, 0.2) is 2.14 Å². The van der Waals surface area contributed by atoms with Crippen LogP contribution in [0.25, 0.3) is 0 Å². The zero-order valence-electron chi connectivity index (χ0n) is 15.5. The van der Waals surface area contributed by atoms with E-state index in [0.717, 1.165) is 24.8 Å². The van der Waals surface area contributed by atoms with E-state index >= 15 is 0 Å². The van der Waals surface area contributed by atoms with Crippen molar-refractivity contribution in [2.45, 2.75) is 35.6 Å². The van der Waals surface area contributed by atoms with Crippen LogP contribution in [-0.4, -0.2) is 13.7 Å². The molecule has 1 aromatic carbocycles. The average molecular weight is 578 g/mol. The Morgan fingerprint density at radius 1 is 0.821 bits per heavy atom. The van der Waals surface area contributed by atoms with Gasteiger partial charge in [0.1, 0.15) is 0 Å². The summed E-state index contributed by atoms with van der Waals surface area (Å²) in [5.41, 5.74) is 0.970. The minimum Gasteiger partial charge on any atom is -0.247 e. The molecule has 2 aromatic rings. The van der Waals surface area contributed by atoms with Crippen molar-refractivity contribution in [3.8, 4) is 0 Å². The number of nitrogens with zero attached hydrogens (tertiary/aromatic N) is 3. The van der Waals surface area contributed by atoms with Crippen molar-refractivity contribution >= 4 is 47.8 Å². The van der Waals surface area contributed by atoms with E-state index in [-0.39, 0.29) is 19.6 Å². The number of benzene rings is 1. The lowest BCUT2D eigenvalue weighted by atomic mass is 10.1. The molecule has 1 heterocycles. The Morgan fingerprint density at radius 3 is 1.57 bits per heavy atom. The molecule has 0 saturated heterocycles. The van der Waals surface area contributed by atoms with Crippen LogP contribution in [0.1, 0.15) is 25.0 Å². The molecule has 150 valence electrons. The van der Waals surface area contributed by atoms with Gasteiger partial charge < -0.3 is 0 Å². The van der Waals surface area contributed by atoms with Crippen LogP contribution in [0.5, 0.6) is 0 Å². The molecule has 0 spiro atoms. The summed E-state index contributed by atoms with van der Waals surface area (Å²) in [7, 11) is 0. The third-order valence-corrected chi connectivity index (χ3v) is 5.24. The van der Waals surface area contributed by atoms with Crippen LogP contribution >= 0.6 is 47.8 Å². The fourth-order valence-electron chi connectivity index (χ4n) is 2.61. The van der Waals surface area contributed by atoms with Crippen molar-refractivity contribution in [3.63, 3.8) is 0 Å². The van der Waals surface area contributed by atoms with Gasteiger partial charge in [0, 0.05) is 0 Å². The van der Waals surface area contributed by atoms with Gasteiger partial charge in [-0.3, -0.25) is 0 Å². The number of aromatic nitrogens is 3. The van der Waals surface area contributed by atoms with Gasteiger partial charge in [-0.2, -0.15) is 0 Å². The van der Waals surface area contributed by atoms with Gasteiger partial charge in [0.25, 0.3) is 0 Å². The first-order chi connectivity index (χ1) is 12.9. The minimum atomic E-state index is -0.657. The van der Waals surface area contributed by atoms with E-state index in [0.29, 0.717) is 11.1 Å². The van der Waals surface area contributed by atoms with E-state index in [1.807, 2.05) is 24.3 Å². The molecule has 1 aromatic heterocycles. The summed E-state index contributed by atoms with van der Waals surface area (Å²) in [5, 5.41) is 0. The number of hydrogen-bond donors (Lipinski definition) is 0. The topological polar surface area (TPSA) is 66.0 Å². The molecule has 0 atom stereocenters. The molecule has 0 unspecified atom stereocenters. The minimum absolute atomic E-state index is 0.0461. The molecule has 0 aliphatic heterocycles. The lowest BCUT2D eigenvalue weighted by Crippen LogP contribution is -2.54. The largest absolute Gasteiger partial charge is 0.336 e. The standard InChI is InChI=1S/C19H20Br3N3O3/c1-12(2)9-23-16(26)24(10-13(3)4)18(28)25(17(23)27)11-14-5-7-15(8-6-14)19(20,21)22/h5-8H,1,3,9-11H2,2,4H3. The van der Waals surface area contributed by atoms with E-state index in [4.69, 9.17) is 0 Å². The average Bonchev–Trinajstić information content (AvgIpc) is 2.59. The van der Waals surface area contributed by atoms with Crippen molar-refractivity contribution in [1.29, 1.82) is 0 Å². The van der Waals surface area contributed by atoms with Crippen LogP contribution in [0, 0.1) is 0 Å². The summed E-state index contributed by atoms with van der Waals surface area (Å²) in [6.45, 7) is 11.1. The predicted molar refractivity (Wildman–Crippen MR) is 123 cm³/mol. The fraction of sp³-hybridized carbons (Fsp3) is 0.316. The first-order valence-corrected chi connectivity index (χ1v) is 10.7. The van der Waals surface area contributed by atoms with Gasteiger partial charge in [-0.25, -0.2) is 28.1 Å².